The highest BCUT2D eigenvalue weighted by Gasteiger charge is 2.30. The van der Waals surface area contributed by atoms with Gasteiger partial charge in [0.25, 0.3) is 0 Å². The van der Waals surface area contributed by atoms with Crippen molar-refractivity contribution in [1.82, 2.24) is 5.32 Å². The average Bonchev–Trinajstić information content (AvgIpc) is 3.01. The lowest BCUT2D eigenvalue weighted by Crippen LogP contribution is -2.24. The van der Waals surface area contributed by atoms with Crippen LogP contribution >= 0.6 is 12.4 Å². The van der Waals surface area contributed by atoms with Crippen LogP contribution in [-0.4, -0.2) is 24.6 Å². The summed E-state index contributed by atoms with van der Waals surface area (Å²) in [6.07, 6.45) is 3.66. The van der Waals surface area contributed by atoms with Crippen LogP contribution in [0.5, 0.6) is 5.75 Å². The second-order valence-electron chi connectivity index (χ2n) is 6.81. The molecule has 2 aliphatic rings. The third-order valence-electron chi connectivity index (χ3n) is 4.29. The predicted molar refractivity (Wildman–Crippen MR) is 90.9 cm³/mol. The van der Waals surface area contributed by atoms with Crippen molar-refractivity contribution in [1.29, 1.82) is 0 Å². The molecular weight excluding hydrogens is 300 g/mol. The molecule has 1 saturated heterocycles. The molecule has 2 N–H and O–H groups in total. The zero-order valence-electron chi connectivity index (χ0n) is 13.3. The van der Waals surface area contributed by atoms with Crippen LogP contribution in [-0.2, 0) is 11.2 Å². The fraction of sp³-hybridized carbons (Fsp3) is 0.588. The van der Waals surface area contributed by atoms with Gasteiger partial charge >= 0.3 is 0 Å². The summed E-state index contributed by atoms with van der Waals surface area (Å²) >= 11 is 0. The van der Waals surface area contributed by atoms with Gasteiger partial charge in [-0.1, -0.05) is 0 Å². The van der Waals surface area contributed by atoms with E-state index in [2.05, 4.69) is 24.5 Å². The van der Waals surface area contributed by atoms with E-state index in [-0.39, 0.29) is 23.9 Å². The molecule has 122 valence electrons. The van der Waals surface area contributed by atoms with Crippen molar-refractivity contribution in [3.63, 3.8) is 0 Å². The molecule has 5 heteroatoms. The van der Waals surface area contributed by atoms with Gasteiger partial charge in [0.15, 0.2) is 0 Å². The molecule has 0 radical (unpaired) electrons. The number of carbonyl (C=O) groups excluding carboxylic acids is 1. The second kappa shape index (κ2) is 6.88. The fourth-order valence-corrected chi connectivity index (χ4v) is 3.21. The number of benzene rings is 1. The zero-order chi connectivity index (χ0) is 14.9. The highest BCUT2D eigenvalue weighted by atomic mass is 35.5. The van der Waals surface area contributed by atoms with Crippen molar-refractivity contribution >= 4 is 24.0 Å². The normalized spacial score (nSPS) is 21.6. The molecule has 3 rings (SSSR count). The SMILES string of the molecule is CC1(C)Cc2cc(NC(=O)CCC3CCNC3)ccc2O1.Cl. The number of hydrogen-bond donors (Lipinski definition) is 2. The van der Waals surface area contributed by atoms with E-state index >= 15 is 0 Å². The molecule has 1 aromatic carbocycles. The Morgan fingerprint density at radius 1 is 1.45 bits per heavy atom. The van der Waals surface area contributed by atoms with Crippen LogP contribution in [0.1, 0.15) is 38.7 Å². The van der Waals surface area contributed by atoms with E-state index in [4.69, 9.17) is 4.74 Å². The predicted octanol–water partition coefficient (Wildman–Crippen LogP) is 3.15. The first-order valence-electron chi connectivity index (χ1n) is 7.84. The van der Waals surface area contributed by atoms with E-state index in [1.807, 2.05) is 18.2 Å². The molecule has 0 aliphatic carbocycles. The van der Waals surface area contributed by atoms with Gasteiger partial charge in [-0.3, -0.25) is 4.79 Å². The van der Waals surface area contributed by atoms with Crippen molar-refractivity contribution in [2.75, 3.05) is 18.4 Å². The van der Waals surface area contributed by atoms with Crippen molar-refractivity contribution in [3.8, 4) is 5.75 Å². The monoisotopic (exact) mass is 324 g/mol. The maximum atomic E-state index is 12.0. The lowest BCUT2D eigenvalue weighted by molar-refractivity contribution is -0.116. The molecule has 0 spiro atoms. The first-order valence-corrected chi connectivity index (χ1v) is 7.84. The third kappa shape index (κ3) is 4.14. The highest BCUT2D eigenvalue weighted by Crippen LogP contribution is 2.36. The lowest BCUT2D eigenvalue weighted by atomic mass is 10.0. The van der Waals surface area contributed by atoms with Crippen LogP contribution in [0.15, 0.2) is 18.2 Å². The molecule has 1 atom stereocenters. The van der Waals surface area contributed by atoms with Crippen LogP contribution in [0.3, 0.4) is 0 Å². The lowest BCUT2D eigenvalue weighted by Gasteiger charge is -2.16. The summed E-state index contributed by atoms with van der Waals surface area (Å²) in [5.74, 6) is 1.71. The fourth-order valence-electron chi connectivity index (χ4n) is 3.21. The van der Waals surface area contributed by atoms with Crippen LogP contribution in [0.2, 0.25) is 0 Å². The van der Waals surface area contributed by atoms with Crippen LogP contribution in [0.25, 0.3) is 0 Å². The Hall–Kier alpha value is -1.26. The van der Waals surface area contributed by atoms with Crippen molar-refractivity contribution < 1.29 is 9.53 Å². The Morgan fingerprint density at radius 3 is 3.00 bits per heavy atom. The molecule has 0 saturated carbocycles. The van der Waals surface area contributed by atoms with Crippen molar-refractivity contribution in [3.05, 3.63) is 23.8 Å². The number of amides is 1. The highest BCUT2D eigenvalue weighted by molar-refractivity contribution is 5.90. The maximum Gasteiger partial charge on any atom is 0.224 e. The number of ether oxygens (including phenoxy) is 1. The quantitative estimate of drug-likeness (QED) is 0.894. The second-order valence-corrected chi connectivity index (χ2v) is 6.81. The Balaban J connectivity index is 0.00000176. The topological polar surface area (TPSA) is 50.4 Å². The van der Waals surface area contributed by atoms with E-state index in [1.165, 1.54) is 12.0 Å². The Morgan fingerprint density at radius 2 is 2.27 bits per heavy atom. The van der Waals surface area contributed by atoms with E-state index in [1.54, 1.807) is 0 Å². The molecule has 4 nitrogen and oxygen atoms in total. The smallest absolute Gasteiger partial charge is 0.224 e. The Labute approximate surface area is 138 Å². The zero-order valence-corrected chi connectivity index (χ0v) is 14.1. The van der Waals surface area contributed by atoms with Gasteiger partial charge in [0.05, 0.1) is 0 Å². The number of fused-ring (bicyclic) bond motifs is 1. The maximum absolute atomic E-state index is 12.0. The minimum Gasteiger partial charge on any atom is -0.487 e. The molecule has 0 aromatic heterocycles. The summed E-state index contributed by atoms with van der Waals surface area (Å²) < 4.78 is 5.85. The van der Waals surface area contributed by atoms with E-state index < -0.39 is 0 Å². The summed E-state index contributed by atoms with van der Waals surface area (Å²) in [6, 6.07) is 5.93. The Kier molecular flexibility index (Phi) is 5.35. The number of carbonyl (C=O) groups is 1. The molecule has 1 unspecified atom stereocenters. The average molecular weight is 325 g/mol. The van der Waals surface area contributed by atoms with Crippen LogP contribution in [0, 0.1) is 5.92 Å². The molecule has 1 fully saturated rings. The number of anilines is 1. The minimum absolute atomic E-state index is 0. The van der Waals surface area contributed by atoms with Gasteiger partial charge in [0, 0.05) is 24.1 Å². The van der Waals surface area contributed by atoms with Crippen molar-refractivity contribution in [2.24, 2.45) is 5.92 Å². The molecule has 22 heavy (non-hydrogen) atoms. The van der Waals surface area contributed by atoms with Crippen LogP contribution in [0.4, 0.5) is 5.69 Å². The molecule has 1 amide bonds. The van der Waals surface area contributed by atoms with Crippen molar-refractivity contribution in [2.45, 2.75) is 45.1 Å². The molecule has 1 aromatic rings. The van der Waals surface area contributed by atoms with Gasteiger partial charge < -0.3 is 15.4 Å². The Bertz CT molecular complexity index is 539. The summed E-state index contributed by atoms with van der Waals surface area (Å²) in [5, 5.41) is 6.34. The number of halogens is 1. The summed E-state index contributed by atoms with van der Waals surface area (Å²) in [6.45, 7) is 6.31. The van der Waals surface area contributed by atoms with Gasteiger partial charge in [-0.2, -0.15) is 0 Å². The van der Waals surface area contributed by atoms with Crippen LogP contribution < -0.4 is 15.4 Å². The summed E-state index contributed by atoms with van der Waals surface area (Å²) in [4.78, 5) is 12.0. The van der Waals surface area contributed by atoms with E-state index in [0.717, 1.165) is 37.4 Å². The minimum atomic E-state index is -0.138. The first-order chi connectivity index (χ1) is 10.0. The largest absolute Gasteiger partial charge is 0.487 e. The third-order valence-corrected chi connectivity index (χ3v) is 4.29. The van der Waals surface area contributed by atoms with Gasteiger partial charge in [-0.25, -0.2) is 0 Å². The molecular formula is C17H25ClN2O2. The van der Waals surface area contributed by atoms with Gasteiger partial charge in [-0.15, -0.1) is 12.4 Å². The van der Waals surface area contributed by atoms with E-state index in [0.29, 0.717) is 12.3 Å². The van der Waals surface area contributed by atoms with E-state index in [9.17, 15) is 4.79 Å². The van der Waals surface area contributed by atoms with Gasteiger partial charge in [0.1, 0.15) is 11.4 Å². The van der Waals surface area contributed by atoms with Gasteiger partial charge in [-0.05, 0) is 63.9 Å². The first kappa shape index (κ1) is 17.1. The molecule has 0 bridgehead atoms. The number of nitrogens with one attached hydrogen (secondary N) is 2. The summed E-state index contributed by atoms with van der Waals surface area (Å²) in [7, 11) is 0. The molecule has 2 heterocycles. The standard InChI is InChI=1S/C17H24N2O2.ClH/c1-17(2)10-13-9-14(4-5-15(13)21-17)19-16(20)6-3-12-7-8-18-11-12;/h4-5,9,12,18H,3,6-8,10-11H2,1-2H3,(H,19,20);1H. The van der Waals surface area contributed by atoms with Gasteiger partial charge in [0.2, 0.25) is 5.91 Å². The molecule has 2 aliphatic heterocycles. The number of hydrogen-bond acceptors (Lipinski definition) is 3. The summed E-state index contributed by atoms with van der Waals surface area (Å²) in [5.41, 5.74) is 1.92. The number of rotatable bonds is 4.